The number of rotatable bonds is 6. The zero-order valence-electron chi connectivity index (χ0n) is 11.7. The quantitative estimate of drug-likeness (QED) is 0.830. The van der Waals surface area contributed by atoms with Gasteiger partial charge >= 0.3 is 0 Å². The lowest BCUT2D eigenvalue weighted by molar-refractivity contribution is -0.122. The van der Waals surface area contributed by atoms with Crippen molar-refractivity contribution in [3.63, 3.8) is 0 Å². The van der Waals surface area contributed by atoms with Crippen LogP contribution in [0.5, 0.6) is 0 Å². The number of hydrogen-bond acceptors (Lipinski definition) is 4. The van der Waals surface area contributed by atoms with Crippen LogP contribution in [0.1, 0.15) is 24.3 Å². The molecule has 1 amide bonds. The summed E-state index contributed by atoms with van der Waals surface area (Å²) in [4.78, 5) is 15.5. The molecule has 1 fully saturated rings. The zero-order valence-corrected chi connectivity index (χ0v) is 12.5. The van der Waals surface area contributed by atoms with E-state index in [2.05, 4.69) is 21.6 Å². The Morgan fingerprint density at radius 1 is 1.63 bits per heavy atom. The first-order chi connectivity index (χ1) is 9.19. The maximum absolute atomic E-state index is 12.0. The first kappa shape index (κ1) is 14.5. The fourth-order valence-electron chi connectivity index (χ4n) is 2.61. The van der Waals surface area contributed by atoms with Gasteiger partial charge in [0.25, 0.3) is 0 Å². The second-order valence-corrected chi connectivity index (χ2v) is 6.23. The molecule has 1 aliphatic rings. The van der Waals surface area contributed by atoms with Gasteiger partial charge in [-0.05, 0) is 50.8 Å². The summed E-state index contributed by atoms with van der Waals surface area (Å²) in [5, 5.41) is 8.32. The van der Waals surface area contributed by atoms with E-state index in [9.17, 15) is 4.79 Å². The minimum atomic E-state index is 0.114. The van der Waals surface area contributed by atoms with Crippen LogP contribution in [0.2, 0.25) is 0 Å². The van der Waals surface area contributed by atoms with Crippen LogP contribution in [0.15, 0.2) is 17.5 Å². The summed E-state index contributed by atoms with van der Waals surface area (Å²) in [6.07, 6.45) is 1.19. The minimum absolute atomic E-state index is 0.114. The Balaban J connectivity index is 1.73. The van der Waals surface area contributed by atoms with Gasteiger partial charge in [-0.2, -0.15) is 0 Å². The lowest BCUT2D eigenvalue weighted by Gasteiger charge is -2.18. The number of carbonyl (C=O) groups is 1. The van der Waals surface area contributed by atoms with Crippen LogP contribution >= 0.6 is 11.3 Å². The summed E-state index contributed by atoms with van der Waals surface area (Å²) in [6.45, 7) is 5.67. The van der Waals surface area contributed by atoms with Crippen LogP contribution in [0.25, 0.3) is 0 Å². The monoisotopic (exact) mass is 281 g/mol. The molecule has 2 N–H and O–H groups in total. The molecular formula is C14H23N3OS. The molecule has 19 heavy (non-hydrogen) atoms. The molecule has 2 heterocycles. The molecular weight excluding hydrogens is 258 g/mol. The van der Waals surface area contributed by atoms with Gasteiger partial charge in [0.1, 0.15) is 0 Å². The second kappa shape index (κ2) is 7.03. The van der Waals surface area contributed by atoms with Gasteiger partial charge in [0, 0.05) is 11.4 Å². The van der Waals surface area contributed by atoms with E-state index >= 15 is 0 Å². The molecule has 2 rings (SSSR count). The Bertz CT molecular complexity index is 393. The summed E-state index contributed by atoms with van der Waals surface area (Å²) < 4.78 is 0. The van der Waals surface area contributed by atoms with Crippen molar-refractivity contribution in [1.82, 2.24) is 15.5 Å². The Labute approximate surface area is 119 Å². The molecule has 0 spiro atoms. The molecule has 1 aromatic rings. The standard InChI is InChI=1S/C14H23N3OS/c1-11(13-4-3-7-19-13)16-14(18)10-17-6-5-12(9-17)8-15-2/h3-4,7,11-12,15H,5-6,8-10H2,1-2H3,(H,16,18). The number of nitrogens with one attached hydrogen (secondary N) is 2. The van der Waals surface area contributed by atoms with Crippen molar-refractivity contribution in [2.24, 2.45) is 5.92 Å². The molecule has 1 aliphatic heterocycles. The third-order valence-electron chi connectivity index (χ3n) is 3.58. The van der Waals surface area contributed by atoms with Crippen LogP contribution in [0.3, 0.4) is 0 Å². The summed E-state index contributed by atoms with van der Waals surface area (Å²) in [6, 6.07) is 4.20. The molecule has 4 nitrogen and oxygen atoms in total. The van der Waals surface area contributed by atoms with E-state index in [1.54, 1.807) is 11.3 Å². The molecule has 2 unspecified atom stereocenters. The summed E-state index contributed by atoms with van der Waals surface area (Å²) >= 11 is 1.69. The van der Waals surface area contributed by atoms with Crippen molar-refractivity contribution in [2.45, 2.75) is 19.4 Å². The zero-order chi connectivity index (χ0) is 13.7. The number of nitrogens with zero attached hydrogens (tertiary/aromatic N) is 1. The van der Waals surface area contributed by atoms with Gasteiger partial charge in [-0.3, -0.25) is 9.69 Å². The second-order valence-electron chi connectivity index (χ2n) is 5.25. The van der Waals surface area contributed by atoms with Gasteiger partial charge in [-0.25, -0.2) is 0 Å². The third kappa shape index (κ3) is 4.30. The van der Waals surface area contributed by atoms with Crippen molar-refractivity contribution in [3.05, 3.63) is 22.4 Å². The average molecular weight is 281 g/mol. The lowest BCUT2D eigenvalue weighted by atomic mass is 10.1. The highest BCUT2D eigenvalue weighted by atomic mass is 32.1. The third-order valence-corrected chi connectivity index (χ3v) is 4.63. The van der Waals surface area contributed by atoms with E-state index in [1.807, 2.05) is 25.4 Å². The highest BCUT2D eigenvalue weighted by molar-refractivity contribution is 7.10. The SMILES string of the molecule is CNCC1CCN(CC(=O)NC(C)c2cccs2)C1. The van der Waals surface area contributed by atoms with Gasteiger partial charge in [0.2, 0.25) is 5.91 Å². The molecule has 106 valence electrons. The topological polar surface area (TPSA) is 44.4 Å². The number of likely N-dealkylation sites (tertiary alicyclic amines) is 1. The van der Waals surface area contributed by atoms with E-state index in [4.69, 9.17) is 0 Å². The first-order valence-electron chi connectivity index (χ1n) is 6.88. The fourth-order valence-corrected chi connectivity index (χ4v) is 3.35. The maximum atomic E-state index is 12.0. The summed E-state index contributed by atoms with van der Waals surface area (Å²) in [5.41, 5.74) is 0. The van der Waals surface area contributed by atoms with E-state index in [1.165, 1.54) is 11.3 Å². The van der Waals surface area contributed by atoms with Gasteiger partial charge in [0.15, 0.2) is 0 Å². The normalized spacial score (nSPS) is 21.5. The van der Waals surface area contributed by atoms with Crippen molar-refractivity contribution in [2.75, 3.05) is 33.2 Å². The van der Waals surface area contributed by atoms with Gasteiger partial charge in [-0.1, -0.05) is 6.07 Å². The number of carbonyl (C=O) groups excluding carboxylic acids is 1. The molecule has 0 radical (unpaired) electrons. The summed E-state index contributed by atoms with van der Waals surface area (Å²) in [5.74, 6) is 0.818. The number of amides is 1. The van der Waals surface area contributed by atoms with Crippen LogP contribution in [0.4, 0.5) is 0 Å². The Morgan fingerprint density at radius 3 is 3.16 bits per heavy atom. The van der Waals surface area contributed by atoms with Crippen molar-refractivity contribution in [1.29, 1.82) is 0 Å². The Kier molecular flexibility index (Phi) is 5.36. The van der Waals surface area contributed by atoms with Crippen LogP contribution in [0, 0.1) is 5.92 Å². The molecule has 0 aromatic carbocycles. The summed E-state index contributed by atoms with van der Waals surface area (Å²) in [7, 11) is 1.98. The molecule has 2 atom stereocenters. The molecule has 0 aliphatic carbocycles. The van der Waals surface area contributed by atoms with E-state index in [-0.39, 0.29) is 11.9 Å². The highest BCUT2D eigenvalue weighted by Crippen LogP contribution is 2.18. The average Bonchev–Trinajstić information content (AvgIpc) is 3.00. The largest absolute Gasteiger partial charge is 0.348 e. The fraction of sp³-hybridized carbons (Fsp3) is 0.643. The first-order valence-corrected chi connectivity index (χ1v) is 7.76. The van der Waals surface area contributed by atoms with E-state index < -0.39 is 0 Å². The van der Waals surface area contributed by atoms with E-state index in [0.717, 1.165) is 19.6 Å². The molecule has 5 heteroatoms. The van der Waals surface area contributed by atoms with Gasteiger partial charge in [0.05, 0.1) is 12.6 Å². The van der Waals surface area contributed by atoms with Crippen LogP contribution in [-0.2, 0) is 4.79 Å². The van der Waals surface area contributed by atoms with Crippen molar-refractivity contribution in [3.8, 4) is 0 Å². The van der Waals surface area contributed by atoms with Crippen LogP contribution < -0.4 is 10.6 Å². The lowest BCUT2D eigenvalue weighted by Crippen LogP contribution is -2.37. The molecule has 0 bridgehead atoms. The highest BCUT2D eigenvalue weighted by Gasteiger charge is 2.23. The molecule has 1 saturated heterocycles. The number of thiophene rings is 1. The van der Waals surface area contributed by atoms with Crippen molar-refractivity contribution >= 4 is 17.2 Å². The smallest absolute Gasteiger partial charge is 0.234 e. The number of hydrogen-bond donors (Lipinski definition) is 2. The van der Waals surface area contributed by atoms with Crippen LogP contribution in [-0.4, -0.2) is 44.0 Å². The maximum Gasteiger partial charge on any atom is 0.234 e. The van der Waals surface area contributed by atoms with Crippen molar-refractivity contribution < 1.29 is 4.79 Å². The van der Waals surface area contributed by atoms with E-state index in [0.29, 0.717) is 12.5 Å². The Hall–Kier alpha value is -0.910. The van der Waals surface area contributed by atoms with Gasteiger partial charge < -0.3 is 10.6 Å². The minimum Gasteiger partial charge on any atom is -0.348 e. The van der Waals surface area contributed by atoms with Gasteiger partial charge in [-0.15, -0.1) is 11.3 Å². The molecule has 0 saturated carbocycles. The molecule has 1 aromatic heterocycles. The predicted octanol–water partition coefficient (Wildman–Crippen LogP) is 1.47. The predicted molar refractivity (Wildman–Crippen MR) is 79.4 cm³/mol. The Morgan fingerprint density at radius 2 is 2.47 bits per heavy atom.